The van der Waals surface area contributed by atoms with Crippen molar-refractivity contribution in [2.45, 2.75) is 6.10 Å². The largest absolute Gasteiger partial charge is 0.478 e. The van der Waals surface area contributed by atoms with E-state index in [1.54, 1.807) is 0 Å². The molecule has 0 atom stereocenters. The number of carboxylic acids is 2. The third kappa shape index (κ3) is 11.5. The minimum absolute atomic E-state index is 0.00758. The summed E-state index contributed by atoms with van der Waals surface area (Å²) in [5, 5.41) is 15.6. The Balaban J connectivity index is 0.000000459. The van der Waals surface area contributed by atoms with E-state index < -0.39 is 11.9 Å². The molecule has 7 heteroatoms. The summed E-state index contributed by atoms with van der Waals surface area (Å²) in [5.41, 5.74) is 3.69. The Hall–Kier alpha value is -4.04. The number of carbonyl (C=O) groups is 2. The van der Waals surface area contributed by atoms with Gasteiger partial charge >= 0.3 is 11.9 Å². The number of ether oxygens (including phenoxy) is 1. The molecule has 0 aliphatic carbocycles. The fourth-order valence-electron chi connectivity index (χ4n) is 4.18. The van der Waals surface area contributed by atoms with Crippen LogP contribution in [0.2, 0.25) is 0 Å². The van der Waals surface area contributed by atoms with E-state index in [9.17, 15) is 9.59 Å². The molecule has 39 heavy (non-hydrogen) atoms. The quantitative estimate of drug-likeness (QED) is 0.344. The molecule has 3 aromatic carbocycles. The zero-order chi connectivity index (χ0) is 27.7. The molecule has 3 aromatic rings. The fraction of sp³-hybridized carbons (Fsp3) is 0.250. The number of carboxylic acid groups (broad SMARTS) is 2. The van der Waals surface area contributed by atoms with Crippen molar-refractivity contribution in [2.24, 2.45) is 0 Å². The first-order valence-electron chi connectivity index (χ1n) is 13.0. The highest BCUT2D eigenvalue weighted by molar-refractivity contribution is 5.89. The van der Waals surface area contributed by atoms with E-state index in [-0.39, 0.29) is 6.10 Å². The lowest BCUT2D eigenvalue weighted by Crippen LogP contribution is -2.47. The third-order valence-corrected chi connectivity index (χ3v) is 6.20. The predicted molar refractivity (Wildman–Crippen MR) is 153 cm³/mol. The van der Waals surface area contributed by atoms with Gasteiger partial charge in [-0.2, -0.15) is 0 Å². The topological polar surface area (TPSA) is 90.3 Å². The maximum absolute atomic E-state index is 9.55. The first kappa shape index (κ1) is 29.5. The number of rotatable bonds is 11. The van der Waals surface area contributed by atoms with Gasteiger partial charge in [-0.15, -0.1) is 0 Å². The molecule has 1 aliphatic rings. The molecule has 0 unspecified atom stereocenters. The van der Waals surface area contributed by atoms with E-state index >= 15 is 0 Å². The summed E-state index contributed by atoms with van der Waals surface area (Å²) in [7, 11) is 0. The summed E-state index contributed by atoms with van der Waals surface area (Å²) in [6.07, 6.45) is 5.60. The van der Waals surface area contributed by atoms with Crippen LogP contribution in [0.25, 0.3) is 6.08 Å². The second-order valence-electron chi connectivity index (χ2n) is 9.04. The molecule has 204 valence electrons. The van der Waals surface area contributed by atoms with Crippen LogP contribution in [0.15, 0.2) is 109 Å². The normalized spacial score (nSPS) is 14.4. The Morgan fingerprint density at radius 2 is 1.18 bits per heavy atom. The highest BCUT2D eigenvalue weighted by atomic mass is 16.5. The zero-order valence-electron chi connectivity index (χ0n) is 22.0. The first-order valence-corrected chi connectivity index (χ1v) is 13.0. The third-order valence-electron chi connectivity index (χ3n) is 6.20. The molecule has 0 bridgehead atoms. The lowest BCUT2D eigenvalue weighted by atomic mass is 10.0. The van der Waals surface area contributed by atoms with Crippen LogP contribution in [-0.2, 0) is 14.3 Å². The average Bonchev–Trinajstić information content (AvgIpc) is 2.97. The number of aliphatic carboxylic acids is 2. The summed E-state index contributed by atoms with van der Waals surface area (Å²) >= 11 is 0. The summed E-state index contributed by atoms with van der Waals surface area (Å²) in [6, 6.07) is 31.6. The van der Waals surface area contributed by atoms with Crippen molar-refractivity contribution >= 4 is 18.0 Å². The Morgan fingerprint density at radius 3 is 1.67 bits per heavy atom. The van der Waals surface area contributed by atoms with Gasteiger partial charge in [-0.3, -0.25) is 9.80 Å². The van der Waals surface area contributed by atoms with Crippen molar-refractivity contribution < 1.29 is 24.5 Å². The molecule has 2 N–H and O–H groups in total. The van der Waals surface area contributed by atoms with Gasteiger partial charge in [0.25, 0.3) is 0 Å². The van der Waals surface area contributed by atoms with Crippen LogP contribution in [0.1, 0.15) is 22.8 Å². The molecular formula is C32H36N2O5. The Labute approximate surface area is 230 Å². The lowest BCUT2D eigenvalue weighted by molar-refractivity contribution is -0.134. The van der Waals surface area contributed by atoms with E-state index in [0.717, 1.165) is 45.9 Å². The molecule has 0 amide bonds. The minimum Gasteiger partial charge on any atom is -0.478 e. The van der Waals surface area contributed by atoms with Gasteiger partial charge in [0.2, 0.25) is 0 Å². The van der Waals surface area contributed by atoms with Crippen molar-refractivity contribution in [3.05, 3.63) is 126 Å². The molecule has 1 heterocycles. The lowest BCUT2D eigenvalue weighted by Gasteiger charge is -2.34. The summed E-state index contributed by atoms with van der Waals surface area (Å²) < 4.78 is 6.39. The van der Waals surface area contributed by atoms with Gasteiger partial charge in [0.05, 0.1) is 6.61 Å². The van der Waals surface area contributed by atoms with Crippen molar-refractivity contribution in [1.82, 2.24) is 9.80 Å². The van der Waals surface area contributed by atoms with Crippen molar-refractivity contribution in [1.29, 1.82) is 0 Å². The highest BCUT2D eigenvalue weighted by Crippen LogP contribution is 2.25. The molecule has 1 fully saturated rings. The molecule has 0 aromatic heterocycles. The minimum atomic E-state index is -1.26. The molecule has 4 rings (SSSR count). The molecule has 1 saturated heterocycles. The molecule has 1 aliphatic heterocycles. The van der Waals surface area contributed by atoms with Crippen LogP contribution < -0.4 is 0 Å². The zero-order valence-corrected chi connectivity index (χ0v) is 22.0. The van der Waals surface area contributed by atoms with E-state index in [2.05, 4.69) is 113 Å². The molecular weight excluding hydrogens is 492 g/mol. The predicted octanol–water partition coefficient (Wildman–Crippen LogP) is 4.84. The number of hydrogen-bond acceptors (Lipinski definition) is 5. The maximum atomic E-state index is 9.55. The SMILES string of the molecule is C(=Cc1ccccc1)CN1CCN(CCOC(c2ccccc2)c2ccccc2)CC1.O=C(O)C=CC(=O)O. The van der Waals surface area contributed by atoms with Gasteiger partial charge in [0.15, 0.2) is 0 Å². The second kappa shape index (κ2) is 16.7. The highest BCUT2D eigenvalue weighted by Gasteiger charge is 2.18. The van der Waals surface area contributed by atoms with E-state index in [1.165, 1.54) is 16.7 Å². The smallest absolute Gasteiger partial charge is 0.328 e. The number of hydrogen-bond donors (Lipinski definition) is 2. The Morgan fingerprint density at radius 1 is 0.718 bits per heavy atom. The number of benzene rings is 3. The Kier molecular flexibility index (Phi) is 12.7. The molecule has 7 nitrogen and oxygen atoms in total. The second-order valence-corrected chi connectivity index (χ2v) is 9.04. The average molecular weight is 529 g/mol. The van der Waals surface area contributed by atoms with Gasteiger partial charge in [-0.25, -0.2) is 9.59 Å². The van der Waals surface area contributed by atoms with Gasteiger partial charge in [-0.05, 0) is 16.7 Å². The summed E-state index contributed by atoms with van der Waals surface area (Å²) in [5.74, 6) is -2.51. The molecule has 0 spiro atoms. The maximum Gasteiger partial charge on any atom is 0.328 e. The molecule has 0 radical (unpaired) electrons. The number of nitrogens with zero attached hydrogens (tertiary/aromatic N) is 2. The van der Waals surface area contributed by atoms with Gasteiger partial charge in [-0.1, -0.05) is 103 Å². The van der Waals surface area contributed by atoms with Gasteiger partial charge in [0.1, 0.15) is 6.10 Å². The van der Waals surface area contributed by atoms with Gasteiger partial charge in [0, 0.05) is 51.4 Å². The fourth-order valence-corrected chi connectivity index (χ4v) is 4.18. The van der Waals surface area contributed by atoms with E-state index in [0.29, 0.717) is 12.2 Å². The van der Waals surface area contributed by atoms with Crippen molar-refractivity contribution in [2.75, 3.05) is 45.9 Å². The van der Waals surface area contributed by atoms with Crippen LogP contribution in [0.5, 0.6) is 0 Å². The molecule has 0 saturated carbocycles. The van der Waals surface area contributed by atoms with E-state index in [4.69, 9.17) is 14.9 Å². The first-order chi connectivity index (χ1) is 19.0. The monoisotopic (exact) mass is 528 g/mol. The van der Waals surface area contributed by atoms with Crippen LogP contribution >= 0.6 is 0 Å². The number of piperazine rings is 1. The summed E-state index contributed by atoms with van der Waals surface area (Å²) in [4.78, 5) is 24.1. The standard InChI is InChI=1S/C28H32N2O.C4H4O4/c1-4-11-25(12-5-1)13-10-18-29-19-21-30(22-20-29)23-24-31-28(26-14-6-2-7-15-26)27-16-8-3-9-17-27;5-3(6)1-2-4(7)8/h1-17,28H,18-24H2;1-2H,(H,5,6)(H,7,8). The van der Waals surface area contributed by atoms with Crippen molar-refractivity contribution in [3.8, 4) is 0 Å². The summed E-state index contributed by atoms with van der Waals surface area (Å²) in [6.45, 7) is 7.16. The van der Waals surface area contributed by atoms with Crippen LogP contribution in [0.4, 0.5) is 0 Å². The Bertz CT molecular complexity index is 1120. The van der Waals surface area contributed by atoms with Crippen molar-refractivity contribution in [3.63, 3.8) is 0 Å². The van der Waals surface area contributed by atoms with Crippen LogP contribution in [0, 0.1) is 0 Å². The van der Waals surface area contributed by atoms with Gasteiger partial charge < -0.3 is 14.9 Å². The van der Waals surface area contributed by atoms with E-state index in [1.807, 2.05) is 0 Å². The van der Waals surface area contributed by atoms with Crippen LogP contribution in [0.3, 0.4) is 0 Å². The van der Waals surface area contributed by atoms with Crippen LogP contribution in [-0.4, -0.2) is 77.8 Å².